The maximum absolute atomic E-state index is 13.0. The quantitative estimate of drug-likeness (QED) is 0.694. The number of pyridine rings is 1. The molecular weight excluding hydrogens is 193 g/mol. The van der Waals surface area contributed by atoms with Crippen molar-refractivity contribution in [2.24, 2.45) is 0 Å². The zero-order valence-electron chi connectivity index (χ0n) is 6.32. The van der Waals surface area contributed by atoms with Gasteiger partial charge in [0, 0.05) is 6.20 Å². The summed E-state index contributed by atoms with van der Waals surface area (Å²) in [6.45, 7) is 0. The molecule has 6 heteroatoms. The number of aromatic nitrogens is 3. The number of aromatic amines is 1. The molecule has 0 saturated heterocycles. The van der Waals surface area contributed by atoms with Crippen LogP contribution in [0.5, 0.6) is 0 Å². The first-order valence-electron chi connectivity index (χ1n) is 3.44. The molecule has 0 bridgehead atoms. The molecule has 2 aromatic heterocycles. The average molecular weight is 197 g/mol. The minimum Gasteiger partial charge on any atom is -0.255 e. The number of rotatable bonds is 1. The highest BCUT2D eigenvalue weighted by Gasteiger charge is 2.08. The van der Waals surface area contributed by atoms with Crippen molar-refractivity contribution < 1.29 is 4.39 Å². The number of hydrogen-bond acceptors (Lipinski definition) is 4. The second-order valence-electron chi connectivity index (χ2n) is 2.26. The van der Waals surface area contributed by atoms with E-state index in [4.69, 9.17) is 0 Å². The van der Waals surface area contributed by atoms with E-state index in [0.29, 0.717) is 5.01 Å². The zero-order chi connectivity index (χ0) is 9.26. The highest BCUT2D eigenvalue weighted by molar-refractivity contribution is 7.12. The predicted octanol–water partition coefficient (Wildman–Crippen LogP) is 1.03. The summed E-state index contributed by atoms with van der Waals surface area (Å²) in [5.74, 6) is -0.620. The third kappa shape index (κ3) is 1.48. The summed E-state index contributed by atoms with van der Waals surface area (Å²) in [6, 6.07) is 3.11. The van der Waals surface area contributed by atoms with Crippen LogP contribution in [0.4, 0.5) is 4.39 Å². The first-order chi connectivity index (χ1) is 6.27. The van der Waals surface area contributed by atoms with Gasteiger partial charge in [0.15, 0.2) is 5.01 Å². The van der Waals surface area contributed by atoms with Gasteiger partial charge in [-0.1, -0.05) is 11.3 Å². The molecule has 1 N–H and O–H groups in total. The fourth-order valence-electron chi connectivity index (χ4n) is 0.891. The van der Waals surface area contributed by atoms with Crippen LogP contribution in [0.3, 0.4) is 0 Å². The van der Waals surface area contributed by atoms with Crippen LogP contribution in [0.15, 0.2) is 23.1 Å². The van der Waals surface area contributed by atoms with Gasteiger partial charge in [0.05, 0.1) is 5.56 Å². The van der Waals surface area contributed by atoms with Crippen LogP contribution >= 0.6 is 11.3 Å². The molecule has 0 saturated carbocycles. The van der Waals surface area contributed by atoms with Crippen LogP contribution in [-0.4, -0.2) is 15.2 Å². The van der Waals surface area contributed by atoms with E-state index in [1.54, 1.807) is 6.07 Å². The SMILES string of the molecule is O=c1[nH]nc(-c2cccnc2F)s1. The minimum atomic E-state index is -0.620. The van der Waals surface area contributed by atoms with Gasteiger partial charge in [-0.15, -0.1) is 0 Å². The number of halogens is 1. The molecule has 2 rings (SSSR count). The van der Waals surface area contributed by atoms with E-state index in [1.807, 2.05) is 0 Å². The Morgan fingerprint density at radius 1 is 1.54 bits per heavy atom. The van der Waals surface area contributed by atoms with Gasteiger partial charge in [0.2, 0.25) is 5.95 Å². The summed E-state index contributed by atoms with van der Waals surface area (Å²) in [5.41, 5.74) is 0.242. The van der Waals surface area contributed by atoms with Gasteiger partial charge < -0.3 is 0 Å². The Labute approximate surface area is 76.1 Å². The first kappa shape index (κ1) is 8.06. The van der Waals surface area contributed by atoms with Crippen LogP contribution in [0.25, 0.3) is 10.6 Å². The lowest BCUT2D eigenvalue weighted by Crippen LogP contribution is -1.90. The summed E-state index contributed by atoms with van der Waals surface area (Å²) >= 11 is 0.853. The van der Waals surface area contributed by atoms with Crippen LogP contribution in [0.1, 0.15) is 0 Å². The van der Waals surface area contributed by atoms with Crippen molar-refractivity contribution in [3.8, 4) is 10.6 Å². The molecule has 13 heavy (non-hydrogen) atoms. The molecule has 0 aliphatic rings. The molecule has 0 aliphatic carbocycles. The lowest BCUT2D eigenvalue weighted by atomic mass is 10.3. The van der Waals surface area contributed by atoms with Gasteiger partial charge in [-0.3, -0.25) is 4.79 Å². The number of hydrogen-bond donors (Lipinski definition) is 1. The van der Waals surface area contributed by atoms with Crippen molar-refractivity contribution >= 4 is 11.3 Å². The molecule has 2 heterocycles. The van der Waals surface area contributed by atoms with Crippen molar-refractivity contribution in [3.05, 3.63) is 33.9 Å². The molecule has 0 fully saturated rings. The van der Waals surface area contributed by atoms with Crippen molar-refractivity contribution in [3.63, 3.8) is 0 Å². The molecule has 0 unspecified atom stereocenters. The maximum atomic E-state index is 13.0. The van der Waals surface area contributed by atoms with Crippen LogP contribution in [0, 0.1) is 5.95 Å². The summed E-state index contributed by atoms with van der Waals surface area (Å²) in [6.07, 6.45) is 1.34. The molecular formula is C7H4FN3OS. The molecule has 0 amide bonds. The fraction of sp³-hybridized carbons (Fsp3) is 0. The van der Waals surface area contributed by atoms with Gasteiger partial charge >= 0.3 is 4.87 Å². The van der Waals surface area contributed by atoms with E-state index < -0.39 is 5.95 Å². The highest BCUT2D eigenvalue weighted by Crippen LogP contribution is 2.19. The topological polar surface area (TPSA) is 58.6 Å². The van der Waals surface area contributed by atoms with Crippen molar-refractivity contribution in [2.45, 2.75) is 0 Å². The third-order valence-corrected chi connectivity index (χ3v) is 2.21. The third-order valence-electron chi connectivity index (χ3n) is 1.43. The predicted molar refractivity (Wildman–Crippen MR) is 45.9 cm³/mol. The van der Waals surface area contributed by atoms with E-state index in [2.05, 4.69) is 15.2 Å². The lowest BCUT2D eigenvalue weighted by molar-refractivity contribution is 0.587. The lowest BCUT2D eigenvalue weighted by Gasteiger charge is -1.93. The van der Waals surface area contributed by atoms with E-state index >= 15 is 0 Å². The Morgan fingerprint density at radius 3 is 3.00 bits per heavy atom. The zero-order valence-corrected chi connectivity index (χ0v) is 7.14. The average Bonchev–Trinajstić information content (AvgIpc) is 2.53. The second kappa shape index (κ2) is 3.06. The Balaban J connectivity index is 2.58. The van der Waals surface area contributed by atoms with Crippen LogP contribution < -0.4 is 4.87 Å². The van der Waals surface area contributed by atoms with Gasteiger partial charge in [-0.25, -0.2) is 10.1 Å². The van der Waals surface area contributed by atoms with Crippen LogP contribution in [0.2, 0.25) is 0 Å². The molecule has 0 aliphatic heterocycles. The summed E-state index contributed by atoms with van der Waals surface area (Å²) in [7, 11) is 0. The molecule has 0 radical (unpaired) electrons. The number of H-pyrrole nitrogens is 1. The fourth-order valence-corrected chi connectivity index (χ4v) is 1.51. The van der Waals surface area contributed by atoms with Crippen molar-refractivity contribution in [1.29, 1.82) is 0 Å². The van der Waals surface area contributed by atoms with E-state index in [1.165, 1.54) is 12.3 Å². The summed E-state index contributed by atoms with van der Waals surface area (Å²) in [4.78, 5) is 13.9. The van der Waals surface area contributed by atoms with Crippen LogP contribution in [-0.2, 0) is 0 Å². The normalized spacial score (nSPS) is 10.2. The largest absolute Gasteiger partial charge is 0.322 e. The Hall–Kier alpha value is -1.56. The second-order valence-corrected chi connectivity index (χ2v) is 3.22. The Morgan fingerprint density at radius 2 is 2.38 bits per heavy atom. The van der Waals surface area contributed by atoms with Crippen molar-refractivity contribution in [1.82, 2.24) is 15.2 Å². The molecule has 2 aromatic rings. The monoisotopic (exact) mass is 197 g/mol. The first-order valence-corrected chi connectivity index (χ1v) is 4.25. The van der Waals surface area contributed by atoms with E-state index in [0.717, 1.165) is 11.3 Å². The smallest absolute Gasteiger partial charge is 0.255 e. The molecule has 4 nitrogen and oxygen atoms in total. The Kier molecular flexibility index (Phi) is 1.90. The van der Waals surface area contributed by atoms with Gasteiger partial charge in [0.25, 0.3) is 0 Å². The van der Waals surface area contributed by atoms with Gasteiger partial charge in [-0.2, -0.15) is 9.49 Å². The van der Waals surface area contributed by atoms with Gasteiger partial charge in [-0.05, 0) is 12.1 Å². The summed E-state index contributed by atoms with van der Waals surface area (Å²) < 4.78 is 13.0. The maximum Gasteiger partial charge on any atom is 0.322 e. The standard InChI is InChI=1S/C7H4FN3OS/c8-5-4(2-1-3-9-5)6-10-11-7(12)13-6/h1-3H,(H,11,12). The molecule has 0 spiro atoms. The van der Waals surface area contributed by atoms with E-state index in [9.17, 15) is 9.18 Å². The Bertz CT molecular complexity index is 478. The summed E-state index contributed by atoms with van der Waals surface area (Å²) in [5, 5.41) is 6.18. The van der Waals surface area contributed by atoms with Gasteiger partial charge in [0.1, 0.15) is 0 Å². The minimum absolute atomic E-state index is 0.242. The van der Waals surface area contributed by atoms with E-state index in [-0.39, 0.29) is 10.4 Å². The number of nitrogens with one attached hydrogen (secondary N) is 1. The van der Waals surface area contributed by atoms with Crippen molar-refractivity contribution in [2.75, 3.05) is 0 Å². The highest BCUT2D eigenvalue weighted by atomic mass is 32.1. The molecule has 0 aromatic carbocycles. The molecule has 0 atom stereocenters. The number of nitrogens with zero attached hydrogens (tertiary/aromatic N) is 2. The molecule has 66 valence electrons.